The van der Waals surface area contributed by atoms with E-state index in [2.05, 4.69) is 27.5 Å². The van der Waals surface area contributed by atoms with E-state index in [0.29, 0.717) is 45.8 Å². The zero-order chi connectivity index (χ0) is 26.1. The third kappa shape index (κ3) is 6.57. The third-order valence-electron chi connectivity index (χ3n) is 5.53. The average molecular weight is 532 g/mol. The molecule has 0 spiro atoms. The van der Waals surface area contributed by atoms with Crippen LogP contribution in [0.5, 0.6) is 17.2 Å². The summed E-state index contributed by atoms with van der Waals surface area (Å²) in [6.45, 7) is 4.45. The predicted molar refractivity (Wildman–Crippen MR) is 141 cm³/mol. The number of carbonyl (C=O) groups is 2. The van der Waals surface area contributed by atoms with Crippen LogP contribution in [0.15, 0.2) is 65.9 Å². The Morgan fingerprint density at radius 3 is 2.58 bits per heavy atom. The van der Waals surface area contributed by atoms with E-state index in [1.165, 1.54) is 12.4 Å². The van der Waals surface area contributed by atoms with Crippen LogP contribution in [0.4, 0.5) is 0 Å². The smallest absolute Gasteiger partial charge is 0.255 e. The Kier molecular flexibility index (Phi) is 9.35. The summed E-state index contributed by atoms with van der Waals surface area (Å²) >= 11 is 12.7. The number of methoxy groups -OCH3 is 1. The monoisotopic (exact) mass is 531 g/mol. The number of nitrogens with two attached hydrogens (primary N) is 1. The first-order valence-corrected chi connectivity index (χ1v) is 11.7. The molecule has 1 saturated heterocycles. The Balaban J connectivity index is 1.66. The zero-order valence-corrected chi connectivity index (χ0v) is 21.2. The number of rotatable bonds is 10. The van der Waals surface area contributed by atoms with Crippen LogP contribution >= 0.6 is 23.2 Å². The molecule has 1 aliphatic heterocycles. The number of benzene rings is 2. The molecule has 1 unspecified atom stereocenters. The molecule has 190 valence electrons. The molecule has 2 aromatic rings. The Morgan fingerprint density at radius 1 is 1.22 bits per heavy atom. The number of hydrogen-bond donors (Lipinski definition) is 4. The number of amides is 2. The van der Waals surface area contributed by atoms with Gasteiger partial charge in [0.15, 0.2) is 0 Å². The van der Waals surface area contributed by atoms with Crippen molar-refractivity contribution in [2.75, 3.05) is 20.2 Å². The minimum Gasteiger partial charge on any atom is -0.497 e. The van der Waals surface area contributed by atoms with Crippen LogP contribution in [-0.2, 0) is 16.1 Å². The van der Waals surface area contributed by atoms with Crippen molar-refractivity contribution in [2.24, 2.45) is 10.7 Å². The van der Waals surface area contributed by atoms with Crippen molar-refractivity contribution in [3.8, 4) is 17.2 Å². The van der Waals surface area contributed by atoms with E-state index >= 15 is 0 Å². The first-order chi connectivity index (χ1) is 17.3. The Labute approximate surface area is 219 Å². The fourth-order valence-corrected chi connectivity index (χ4v) is 3.99. The quantitative estimate of drug-likeness (QED) is 0.275. The lowest BCUT2D eigenvalue weighted by Crippen LogP contribution is -2.60. The fraction of sp³-hybridized carbons (Fsp3) is 0.240. The van der Waals surface area contributed by atoms with Crippen LogP contribution < -0.4 is 31.2 Å². The number of ether oxygens (including phenoxy) is 2. The molecule has 3 rings (SSSR count). The van der Waals surface area contributed by atoms with E-state index in [4.69, 9.17) is 38.4 Å². The van der Waals surface area contributed by atoms with Gasteiger partial charge in [-0.2, -0.15) is 0 Å². The van der Waals surface area contributed by atoms with Crippen LogP contribution in [0.3, 0.4) is 0 Å². The summed E-state index contributed by atoms with van der Waals surface area (Å²) < 4.78 is 11.0. The molecule has 9 nitrogen and oxygen atoms in total. The summed E-state index contributed by atoms with van der Waals surface area (Å²) in [6.07, 6.45) is 4.09. The molecule has 2 amide bonds. The zero-order valence-electron chi connectivity index (χ0n) is 19.6. The van der Waals surface area contributed by atoms with Gasteiger partial charge in [0.25, 0.3) is 5.91 Å². The highest BCUT2D eigenvalue weighted by Gasteiger charge is 2.42. The van der Waals surface area contributed by atoms with E-state index < -0.39 is 11.4 Å². The number of hydrogen-bond acceptors (Lipinski definition) is 7. The van der Waals surface area contributed by atoms with E-state index in [9.17, 15) is 9.59 Å². The lowest BCUT2D eigenvalue weighted by atomic mass is 9.96. The fourth-order valence-electron chi connectivity index (χ4n) is 3.55. The first-order valence-electron chi connectivity index (χ1n) is 11.0. The van der Waals surface area contributed by atoms with Gasteiger partial charge in [-0.3, -0.25) is 14.6 Å². The minimum atomic E-state index is -1.14. The van der Waals surface area contributed by atoms with Gasteiger partial charge in [0.1, 0.15) is 22.8 Å². The SMILES string of the molecule is C=C/N=C\C(=C/N)C(=O)NC1(C(=O)NCc2ccc(Oc3ccc(OC)cc3Cl)cc2Cl)CCNC1. The largest absolute Gasteiger partial charge is 0.497 e. The highest BCUT2D eigenvalue weighted by Crippen LogP contribution is 2.34. The van der Waals surface area contributed by atoms with E-state index in [1.54, 1.807) is 43.5 Å². The minimum absolute atomic E-state index is 0.115. The normalized spacial score (nSPS) is 17.6. The Morgan fingerprint density at radius 2 is 1.97 bits per heavy atom. The summed E-state index contributed by atoms with van der Waals surface area (Å²) in [5, 5.41) is 9.56. The van der Waals surface area contributed by atoms with Gasteiger partial charge in [-0.1, -0.05) is 35.8 Å². The average Bonchev–Trinajstić information content (AvgIpc) is 3.34. The Hall–Kier alpha value is -3.53. The number of carbonyl (C=O) groups excluding carboxylic acids is 2. The van der Waals surface area contributed by atoms with Crippen molar-refractivity contribution in [2.45, 2.75) is 18.5 Å². The highest BCUT2D eigenvalue weighted by atomic mass is 35.5. The van der Waals surface area contributed by atoms with Crippen molar-refractivity contribution in [1.82, 2.24) is 16.0 Å². The second-order valence-corrected chi connectivity index (χ2v) is 8.69. The molecule has 0 aliphatic carbocycles. The molecule has 0 bridgehead atoms. The molecule has 0 aromatic heterocycles. The molecule has 0 saturated carbocycles. The molecular formula is C25H27Cl2N5O4. The standard InChI is InChI=1S/C25H27Cl2N5O4/c1-3-29-13-17(12-28)23(33)32-25(8-9-30-15-25)24(34)31-14-16-4-5-19(11-20(16)26)36-22-7-6-18(35-2)10-21(22)27/h3-7,10-13,30H,1,8-9,14-15,28H2,2H3,(H,31,34)(H,32,33)/b17-12+,29-13-. The lowest BCUT2D eigenvalue weighted by Gasteiger charge is -2.28. The first kappa shape index (κ1) is 27.1. The second-order valence-electron chi connectivity index (χ2n) is 7.88. The topological polar surface area (TPSA) is 127 Å². The third-order valence-corrected chi connectivity index (χ3v) is 6.18. The predicted octanol–water partition coefficient (Wildman–Crippen LogP) is 3.32. The molecule has 1 aliphatic rings. The summed E-state index contributed by atoms with van der Waals surface area (Å²) in [4.78, 5) is 29.6. The van der Waals surface area contributed by atoms with Gasteiger partial charge in [-0.15, -0.1) is 0 Å². The van der Waals surface area contributed by atoms with Gasteiger partial charge in [0, 0.05) is 42.8 Å². The van der Waals surface area contributed by atoms with Crippen molar-refractivity contribution >= 4 is 41.2 Å². The lowest BCUT2D eigenvalue weighted by molar-refractivity contribution is -0.131. The second kappa shape index (κ2) is 12.4. The maximum absolute atomic E-state index is 13.2. The van der Waals surface area contributed by atoms with E-state index in [1.807, 2.05) is 0 Å². The maximum Gasteiger partial charge on any atom is 0.255 e. The summed E-state index contributed by atoms with van der Waals surface area (Å²) in [6, 6.07) is 10.2. The van der Waals surface area contributed by atoms with E-state index in [0.717, 1.165) is 6.20 Å². The van der Waals surface area contributed by atoms with Crippen LogP contribution in [-0.4, -0.2) is 43.8 Å². The molecule has 2 aromatic carbocycles. The molecule has 1 fully saturated rings. The Bertz CT molecular complexity index is 1190. The van der Waals surface area contributed by atoms with Crippen molar-refractivity contribution in [3.05, 3.63) is 76.6 Å². The van der Waals surface area contributed by atoms with Gasteiger partial charge in [-0.25, -0.2) is 0 Å². The molecule has 5 N–H and O–H groups in total. The van der Waals surface area contributed by atoms with Crippen LogP contribution in [0.1, 0.15) is 12.0 Å². The van der Waals surface area contributed by atoms with Crippen molar-refractivity contribution in [1.29, 1.82) is 0 Å². The molecule has 36 heavy (non-hydrogen) atoms. The summed E-state index contributed by atoms with van der Waals surface area (Å²) in [7, 11) is 1.55. The number of nitrogens with one attached hydrogen (secondary N) is 3. The molecule has 1 heterocycles. The van der Waals surface area contributed by atoms with Crippen molar-refractivity contribution in [3.63, 3.8) is 0 Å². The van der Waals surface area contributed by atoms with Gasteiger partial charge in [0.05, 0.1) is 17.7 Å². The van der Waals surface area contributed by atoms with Gasteiger partial charge < -0.3 is 31.2 Å². The number of nitrogens with zero attached hydrogens (tertiary/aromatic N) is 1. The number of aliphatic imine (C=N–C) groups is 1. The molecule has 0 radical (unpaired) electrons. The van der Waals surface area contributed by atoms with Crippen LogP contribution in [0, 0.1) is 0 Å². The van der Waals surface area contributed by atoms with Crippen LogP contribution in [0.2, 0.25) is 10.0 Å². The molecular weight excluding hydrogens is 505 g/mol. The van der Waals surface area contributed by atoms with E-state index in [-0.39, 0.29) is 24.6 Å². The highest BCUT2D eigenvalue weighted by molar-refractivity contribution is 6.32. The summed E-state index contributed by atoms with van der Waals surface area (Å²) in [5.41, 5.74) is 5.18. The van der Waals surface area contributed by atoms with Gasteiger partial charge in [0.2, 0.25) is 5.91 Å². The molecule has 11 heteroatoms. The summed E-state index contributed by atoms with van der Waals surface area (Å²) in [5.74, 6) is 0.680. The number of halogens is 2. The van der Waals surface area contributed by atoms with Crippen molar-refractivity contribution < 1.29 is 19.1 Å². The van der Waals surface area contributed by atoms with Gasteiger partial charge in [-0.05, 0) is 42.8 Å². The molecule has 1 atom stereocenters. The van der Waals surface area contributed by atoms with Crippen LogP contribution in [0.25, 0.3) is 0 Å². The van der Waals surface area contributed by atoms with Gasteiger partial charge >= 0.3 is 0 Å². The maximum atomic E-state index is 13.2.